The van der Waals surface area contributed by atoms with Gasteiger partial charge in [0.25, 0.3) is 5.69 Å². The van der Waals surface area contributed by atoms with Crippen LogP contribution in [0.15, 0.2) is 84.0 Å². The van der Waals surface area contributed by atoms with Crippen molar-refractivity contribution < 1.29 is 4.92 Å². The summed E-state index contributed by atoms with van der Waals surface area (Å²) in [4.78, 5) is 10.9. The Hall–Kier alpha value is -3.47. The van der Waals surface area contributed by atoms with Crippen LogP contribution in [0.25, 0.3) is 0 Å². The van der Waals surface area contributed by atoms with Crippen molar-refractivity contribution in [3.8, 4) is 0 Å². The fourth-order valence-electron chi connectivity index (χ4n) is 3.46. The summed E-state index contributed by atoms with van der Waals surface area (Å²) in [7, 11) is 0. The average molecular weight is 357 g/mol. The lowest BCUT2D eigenvalue weighted by atomic mass is 9.97. The number of nitro benzene ring substituents is 1. The van der Waals surface area contributed by atoms with E-state index in [1.807, 2.05) is 59.6 Å². The summed E-state index contributed by atoms with van der Waals surface area (Å²) in [5, 5.41) is 18.1. The number of hydrazone groups is 1. The minimum atomic E-state index is -0.352. The number of nitro groups is 1. The third-order valence-corrected chi connectivity index (χ3v) is 4.85. The van der Waals surface area contributed by atoms with E-state index in [1.165, 1.54) is 6.07 Å². The minimum Gasteiger partial charge on any atom is -0.258 e. The molecule has 0 saturated carbocycles. The molecular weight excluding hydrogens is 338 g/mol. The van der Waals surface area contributed by atoms with E-state index in [0.717, 1.165) is 28.1 Å². The Balaban J connectivity index is 1.79. The van der Waals surface area contributed by atoms with Crippen molar-refractivity contribution in [2.24, 2.45) is 5.10 Å². The van der Waals surface area contributed by atoms with Gasteiger partial charge in [-0.15, -0.1) is 0 Å². The lowest BCUT2D eigenvalue weighted by Crippen LogP contribution is -2.19. The summed E-state index contributed by atoms with van der Waals surface area (Å²) in [6, 6.07) is 24.9. The van der Waals surface area contributed by atoms with Gasteiger partial charge in [0.1, 0.15) is 0 Å². The lowest BCUT2D eigenvalue weighted by Gasteiger charge is -2.25. The second-order valence-electron chi connectivity index (χ2n) is 6.62. The monoisotopic (exact) mass is 357 g/mol. The van der Waals surface area contributed by atoms with Gasteiger partial charge in [-0.3, -0.25) is 15.1 Å². The molecule has 1 aliphatic rings. The van der Waals surface area contributed by atoms with E-state index in [0.29, 0.717) is 6.42 Å². The van der Waals surface area contributed by atoms with Crippen molar-refractivity contribution in [3.05, 3.63) is 106 Å². The third kappa shape index (κ3) is 3.31. The molecule has 0 amide bonds. The molecule has 0 saturated heterocycles. The van der Waals surface area contributed by atoms with Crippen LogP contribution in [-0.2, 0) is 0 Å². The van der Waals surface area contributed by atoms with Crippen LogP contribution < -0.4 is 5.01 Å². The molecule has 3 aromatic carbocycles. The fraction of sp³-hybridized carbons (Fsp3) is 0.136. The molecule has 1 heterocycles. The molecular formula is C22H19N3O2. The number of non-ortho nitro benzene ring substituents is 1. The Kier molecular flexibility index (Phi) is 4.42. The van der Waals surface area contributed by atoms with E-state index in [4.69, 9.17) is 5.10 Å². The number of hydrogen-bond acceptors (Lipinski definition) is 4. The van der Waals surface area contributed by atoms with Gasteiger partial charge < -0.3 is 0 Å². The topological polar surface area (TPSA) is 58.7 Å². The van der Waals surface area contributed by atoms with Gasteiger partial charge in [-0.05, 0) is 29.7 Å². The number of para-hydroxylation sites is 1. The Morgan fingerprint density at radius 1 is 1.00 bits per heavy atom. The molecule has 5 heteroatoms. The largest absolute Gasteiger partial charge is 0.269 e. The van der Waals surface area contributed by atoms with Gasteiger partial charge >= 0.3 is 0 Å². The molecule has 3 aromatic rings. The molecule has 1 aliphatic heterocycles. The summed E-state index contributed by atoms with van der Waals surface area (Å²) in [6.45, 7) is 2.05. The van der Waals surface area contributed by atoms with Gasteiger partial charge in [-0.25, -0.2) is 0 Å². The third-order valence-electron chi connectivity index (χ3n) is 4.85. The lowest BCUT2D eigenvalue weighted by molar-refractivity contribution is -0.384. The van der Waals surface area contributed by atoms with Crippen LogP contribution in [0.1, 0.15) is 29.2 Å². The number of anilines is 1. The first-order valence-corrected chi connectivity index (χ1v) is 8.85. The van der Waals surface area contributed by atoms with Crippen LogP contribution in [-0.4, -0.2) is 10.6 Å². The quantitative estimate of drug-likeness (QED) is 0.473. The predicted molar refractivity (Wildman–Crippen MR) is 107 cm³/mol. The molecule has 0 unspecified atom stereocenters. The molecule has 27 heavy (non-hydrogen) atoms. The zero-order chi connectivity index (χ0) is 18.8. The van der Waals surface area contributed by atoms with Crippen molar-refractivity contribution in [3.63, 3.8) is 0 Å². The van der Waals surface area contributed by atoms with Gasteiger partial charge in [-0.1, -0.05) is 60.7 Å². The molecule has 0 aliphatic carbocycles. The number of hydrogen-bond donors (Lipinski definition) is 0. The summed E-state index contributed by atoms with van der Waals surface area (Å²) in [6.07, 6.45) is 0.694. The summed E-state index contributed by atoms with van der Waals surface area (Å²) < 4.78 is 0. The average Bonchev–Trinajstić information content (AvgIpc) is 3.14. The normalized spacial score (nSPS) is 16.3. The zero-order valence-corrected chi connectivity index (χ0v) is 14.9. The van der Waals surface area contributed by atoms with Crippen LogP contribution in [0.5, 0.6) is 0 Å². The van der Waals surface area contributed by atoms with Gasteiger partial charge in [-0.2, -0.15) is 5.10 Å². The first kappa shape index (κ1) is 17.0. The molecule has 0 fully saturated rings. The molecule has 0 bridgehead atoms. The maximum Gasteiger partial charge on any atom is 0.269 e. The number of nitrogens with zero attached hydrogens (tertiary/aromatic N) is 3. The van der Waals surface area contributed by atoms with Crippen molar-refractivity contribution in [1.29, 1.82) is 0 Å². The highest BCUT2D eigenvalue weighted by Gasteiger charge is 2.31. The van der Waals surface area contributed by atoms with Crippen molar-refractivity contribution >= 4 is 17.1 Å². The zero-order valence-electron chi connectivity index (χ0n) is 14.9. The smallest absolute Gasteiger partial charge is 0.258 e. The van der Waals surface area contributed by atoms with E-state index < -0.39 is 0 Å². The van der Waals surface area contributed by atoms with Gasteiger partial charge in [0.05, 0.1) is 22.4 Å². The highest BCUT2D eigenvalue weighted by molar-refractivity contribution is 6.03. The molecule has 0 radical (unpaired) electrons. The summed E-state index contributed by atoms with van der Waals surface area (Å²) in [5.41, 5.74) is 5.18. The first-order chi connectivity index (χ1) is 13.1. The van der Waals surface area contributed by atoms with E-state index in [-0.39, 0.29) is 16.7 Å². The highest BCUT2D eigenvalue weighted by atomic mass is 16.6. The molecule has 0 N–H and O–H groups in total. The first-order valence-electron chi connectivity index (χ1n) is 8.85. The molecule has 5 nitrogen and oxygen atoms in total. The van der Waals surface area contributed by atoms with Gasteiger partial charge in [0.15, 0.2) is 0 Å². The van der Waals surface area contributed by atoms with Crippen molar-refractivity contribution in [2.75, 3.05) is 5.01 Å². The van der Waals surface area contributed by atoms with Crippen LogP contribution in [0.2, 0.25) is 0 Å². The minimum absolute atomic E-state index is 0.0822. The second-order valence-corrected chi connectivity index (χ2v) is 6.62. The van der Waals surface area contributed by atoms with E-state index in [1.54, 1.807) is 12.1 Å². The summed E-state index contributed by atoms with van der Waals surface area (Å²) >= 11 is 0. The van der Waals surface area contributed by atoms with Gasteiger partial charge in [0.2, 0.25) is 0 Å². The number of rotatable bonds is 4. The fourth-order valence-corrected chi connectivity index (χ4v) is 3.46. The predicted octanol–water partition coefficient (Wildman–Crippen LogP) is 5.26. The van der Waals surface area contributed by atoms with Crippen molar-refractivity contribution in [2.45, 2.75) is 19.4 Å². The standard InChI is InChI=1S/C22H19N3O2/c1-16-8-5-6-13-21(16)24-22(18-11-7-12-19(14-18)25(26)27)15-20(23-24)17-9-3-2-4-10-17/h2-14,22H,15H2,1H3/t22-/m1/s1. The Morgan fingerprint density at radius 2 is 1.74 bits per heavy atom. The van der Waals surface area contributed by atoms with E-state index in [2.05, 4.69) is 13.0 Å². The Morgan fingerprint density at radius 3 is 2.48 bits per heavy atom. The van der Waals surface area contributed by atoms with E-state index >= 15 is 0 Å². The van der Waals surface area contributed by atoms with Crippen molar-refractivity contribution in [1.82, 2.24) is 0 Å². The summed E-state index contributed by atoms with van der Waals surface area (Å²) in [5.74, 6) is 0. The maximum atomic E-state index is 11.2. The van der Waals surface area contributed by atoms with Gasteiger partial charge in [0, 0.05) is 18.6 Å². The molecule has 1 atom stereocenters. The van der Waals surface area contributed by atoms with Crippen LogP contribution >= 0.6 is 0 Å². The maximum absolute atomic E-state index is 11.2. The Bertz CT molecular complexity index is 1010. The molecule has 4 rings (SSSR count). The van der Waals surface area contributed by atoms with Crippen LogP contribution in [0.4, 0.5) is 11.4 Å². The van der Waals surface area contributed by atoms with Crippen LogP contribution in [0.3, 0.4) is 0 Å². The van der Waals surface area contributed by atoms with E-state index in [9.17, 15) is 10.1 Å². The second kappa shape index (κ2) is 7.03. The molecule has 0 aromatic heterocycles. The number of benzene rings is 3. The SMILES string of the molecule is Cc1ccccc1N1N=C(c2ccccc2)C[C@@H]1c1cccc([N+](=O)[O-])c1. The Labute approximate surface area is 157 Å². The molecule has 134 valence electrons. The molecule has 0 spiro atoms. The number of aryl methyl sites for hydroxylation is 1. The van der Waals surface area contributed by atoms with Crippen LogP contribution in [0, 0.1) is 17.0 Å². The highest BCUT2D eigenvalue weighted by Crippen LogP contribution is 2.38.